The van der Waals surface area contributed by atoms with Gasteiger partial charge in [-0.2, -0.15) is 0 Å². The third-order valence-corrected chi connectivity index (χ3v) is 4.31. The van der Waals surface area contributed by atoms with Crippen LogP contribution in [0, 0.1) is 5.92 Å². The van der Waals surface area contributed by atoms with Crippen LogP contribution in [0.25, 0.3) is 0 Å². The van der Waals surface area contributed by atoms with E-state index in [0.717, 1.165) is 17.9 Å². The van der Waals surface area contributed by atoms with Gasteiger partial charge < -0.3 is 19.9 Å². The highest BCUT2D eigenvalue weighted by Crippen LogP contribution is 2.34. The topological polar surface area (TPSA) is 40.6 Å². The van der Waals surface area contributed by atoms with Crippen molar-refractivity contribution in [1.82, 2.24) is 9.88 Å². The number of nitrogens with one attached hydrogen (secondary N) is 1. The van der Waals surface area contributed by atoms with E-state index in [2.05, 4.69) is 34.1 Å². The molecule has 2 unspecified atom stereocenters. The number of ether oxygens (including phenoxy) is 1. The molecule has 5 heteroatoms. The van der Waals surface area contributed by atoms with Crippen LogP contribution in [0.2, 0.25) is 0 Å². The Labute approximate surface area is 128 Å². The molecular weight excluding hydrogens is 264 g/mol. The summed E-state index contributed by atoms with van der Waals surface area (Å²) >= 11 is 0. The number of anilines is 2. The van der Waals surface area contributed by atoms with E-state index in [1.165, 1.54) is 19.4 Å². The zero-order valence-electron chi connectivity index (χ0n) is 13.9. The van der Waals surface area contributed by atoms with Crippen LogP contribution in [0.4, 0.5) is 11.4 Å². The highest BCUT2D eigenvalue weighted by Gasteiger charge is 2.24. The summed E-state index contributed by atoms with van der Waals surface area (Å²) in [6.45, 7) is 4.62. The van der Waals surface area contributed by atoms with Crippen LogP contribution in [0.15, 0.2) is 12.3 Å². The van der Waals surface area contributed by atoms with E-state index >= 15 is 0 Å². The summed E-state index contributed by atoms with van der Waals surface area (Å²) in [5.74, 6) is 1.32. The van der Waals surface area contributed by atoms with Gasteiger partial charge in [0.1, 0.15) is 5.69 Å². The predicted molar refractivity (Wildman–Crippen MR) is 88.4 cm³/mol. The molecule has 0 radical (unpaired) electrons. The number of aromatic nitrogens is 1. The van der Waals surface area contributed by atoms with Crippen LogP contribution in [-0.2, 0) is 0 Å². The molecule has 1 aliphatic rings. The SMILES string of the molecule is COc1nccc(N(C)C)c1NC(C)C1CCCN(C)C1. The third kappa shape index (κ3) is 3.79. The summed E-state index contributed by atoms with van der Waals surface area (Å²) in [7, 11) is 7.96. The molecule has 0 saturated carbocycles. The molecule has 1 aliphatic heterocycles. The summed E-state index contributed by atoms with van der Waals surface area (Å²) in [6, 6.07) is 2.41. The standard InChI is InChI=1S/C16H28N4O/c1-12(13-7-6-10-20(4)11-13)18-15-14(19(2)3)8-9-17-16(15)21-5/h8-9,12-13,18H,6-7,10-11H2,1-5H3. The largest absolute Gasteiger partial charge is 0.479 e. The molecule has 0 aliphatic carbocycles. The summed E-state index contributed by atoms with van der Waals surface area (Å²) in [5.41, 5.74) is 2.10. The Kier molecular flexibility index (Phi) is 5.28. The molecule has 5 nitrogen and oxygen atoms in total. The summed E-state index contributed by atoms with van der Waals surface area (Å²) in [6.07, 6.45) is 4.34. The second-order valence-electron chi connectivity index (χ2n) is 6.21. The molecule has 1 aromatic rings. The average molecular weight is 292 g/mol. The second-order valence-corrected chi connectivity index (χ2v) is 6.21. The minimum absolute atomic E-state index is 0.393. The first kappa shape index (κ1) is 15.9. The van der Waals surface area contributed by atoms with Crippen LogP contribution in [-0.4, -0.2) is 57.3 Å². The van der Waals surface area contributed by atoms with E-state index in [1.807, 2.05) is 20.2 Å². The molecule has 118 valence electrons. The summed E-state index contributed by atoms with van der Waals surface area (Å²) in [5, 5.41) is 3.65. The quantitative estimate of drug-likeness (QED) is 0.902. The minimum Gasteiger partial charge on any atom is -0.479 e. The van der Waals surface area contributed by atoms with Crippen molar-refractivity contribution in [3.63, 3.8) is 0 Å². The molecule has 2 atom stereocenters. The lowest BCUT2D eigenvalue weighted by Gasteiger charge is -2.35. The molecule has 2 heterocycles. The Hall–Kier alpha value is -1.49. The van der Waals surface area contributed by atoms with Crippen molar-refractivity contribution >= 4 is 11.4 Å². The normalized spacial score (nSPS) is 20.9. The lowest BCUT2D eigenvalue weighted by atomic mass is 9.91. The monoisotopic (exact) mass is 292 g/mol. The van der Waals surface area contributed by atoms with Gasteiger partial charge in [-0.25, -0.2) is 4.98 Å². The van der Waals surface area contributed by atoms with Crippen molar-refractivity contribution in [3.05, 3.63) is 12.3 Å². The van der Waals surface area contributed by atoms with Gasteiger partial charge >= 0.3 is 0 Å². The fourth-order valence-electron chi connectivity index (χ4n) is 3.06. The molecule has 1 fully saturated rings. The molecule has 2 rings (SSSR count). The molecule has 0 aromatic carbocycles. The molecular formula is C16H28N4O. The maximum atomic E-state index is 5.43. The van der Waals surface area contributed by atoms with Gasteiger partial charge in [0.25, 0.3) is 0 Å². The van der Waals surface area contributed by atoms with Gasteiger partial charge in [-0.15, -0.1) is 0 Å². The van der Waals surface area contributed by atoms with Crippen molar-refractivity contribution in [1.29, 1.82) is 0 Å². The predicted octanol–water partition coefficient (Wildman–Crippen LogP) is 2.30. The number of pyridine rings is 1. The first-order valence-electron chi connectivity index (χ1n) is 7.68. The van der Waals surface area contributed by atoms with E-state index in [4.69, 9.17) is 4.74 Å². The number of hydrogen-bond acceptors (Lipinski definition) is 5. The fraction of sp³-hybridized carbons (Fsp3) is 0.688. The zero-order valence-corrected chi connectivity index (χ0v) is 13.9. The number of rotatable bonds is 5. The van der Waals surface area contributed by atoms with Gasteiger partial charge in [-0.1, -0.05) is 0 Å². The zero-order chi connectivity index (χ0) is 15.4. The molecule has 0 bridgehead atoms. The molecule has 1 N–H and O–H groups in total. The Bertz CT molecular complexity index is 464. The van der Waals surface area contributed by atoms with Crippen molar-refractivity contribution in [2.45, 2.75) is 25.8 Å². The van der Waals surface area contributed by atoms with Crippen LogP contribution in [0.1, 0.15) is 19.8 Å². The van der Waals surface area contributed by atoms with Crippen molar-refractivity contribution in [3.8, 4) is 5.88 Å². The lowest BCUT2D eigenvalue weighted by Crippen LogP contribution is -2.40. The van der Waals surface area contributed by atoms with Crippen molar-refractivity contribution in [2.75, 3.05) is 51.6 Å². The minimum atomic E-state index is 0.393. The maximum Gasteiger partial charge on any atom is 0.239 e. The van der Waals surface area contributed by atoms with E-state index < -0.39 is 0 Å². The Balaban J connectivity index is 2.17. The smallest absolute Gasteiger partial charge is 0.239 e. The highest BCUT2D eigenvalue weighted by atomic mass is 16.5. The molecule has 1 saturated heterocycles. The second kappa shape index (κ2) is 6.98. The molecule has 0 spiro atoms. The molecule has 0 amide bonds. The van der Waals surface area contributed by atoms with E-state index in [1.54, 1.807) is 13.3 Å². The summed E-state index contributed by atoms with van der Waals surface area (Å²) < 4.78 is 5.43. The molecule has 1 aromatic heterocycles. The lowest BCUT2D eigenvalue weighted by molar-refractivity contribution is 0.197. The highest BCUT2D eigenvalue weighted by molar-refractivity contribution is 5.74. The van der Waals surface area contributed by atoms with Crippen molar-refractivity contribution in [2.24, 2.45) is 5.92 Å². The van der Waals surface area contributed by atoms with Crippen LogP contribution >= 0.6 is 0 Å². The third-order valence-electron chi connectivity index (χ3n) is 4.31. The Morgan fingerprint density at radius 3 is 2.86 bits per heavy atom. The van der Waals surface area contributed by atoms with Gasteiger partial charge in [0.2, 0.25) is 5.88 Å². The number of likely N-dealkylation sites (tertiary alicyclic amines) is 1. The Morgan fingerprint density at radius 1 is 1.48 bits per heavy atom. The van der Waals surface area contributed by atoms with Gasteiger partial charge in [-0.3, -0.25) is 0 Å². The van der Waals surface area contributed by atoms with E-state index in [9.17, 15) is 0 Å². The number of methoxy groups -OCH3 is 1. The number of hydrogen-bond donors (Lipinski definition) is 1. The van der Waals surface area contributed by atoms with Crippen LogP contribution < -0.4 is 15.0 Å². The number of piperidine rings is 1. The van der Waals surface area contributed by atoms with Gasteiger partial charge in [0.15, 0.2) is 0 Å². The first-order valence-corrected chi connectivity index (χ1v) is 7.68. The van der Waals surface area contributed by atoms with Gasteiger partial charge in [-0.05, 0) is 45.3 Å². The molecule has 21 heavy (non-hydrogen) atoms. The fourth-order valence-corrected chi connectivity index (χ4v) is 3.06. The van der Waals surface area contributed by atoms with Gasteiger partial charge in [0.05, 0.1) is 12.8 Å². The van der Waals surface area contributed by atoms with E-state index in [0.29, 0.717) is 17.8 Å². The Morgan fingerprint density at radius 2 is 2.24 bits per heavy atom. The maximum absolute atomic E-state index is 5.43. The van der Waals surface area contributed by atoms with Crippen LogP contribution in [0.5, 0.6) is 5.88 Å². The average Bonchev–Trinajstić information content (AvgIpc) is 2.47. The number of nitrogens with zero attached hydrogens (tertiary/aromatic N) is 3. The van der Waals surface area contributed by atoms with Crippen molar-refractivity contribution < 1.29 is 4.74 Å². The summed E-state index contributed by atoms with van der Waals surface area (Å²) in [4.78, 5) is 8.84. The first-order chi connectivity index (χ1) is 10.0. The van der Waals surface area contributed by atoms with E-state index in [-0.39, 0.29) is 0 Å². The van der Waals surface area contributed by atoms with Crippen LogP contribution in [0.3, 0.4) is 0 Å². The van der Waals surface area contributed by atoms with Gasteiger partial charge in [0, 0.05) is 32.9 Å².